The summed E-state index contributed by atoms with van der Waals surface area (Å²) in [5.41, 5.74) is 0.953. The van der Waals surface area contributed by atoms with Gasteiger partial charge >= 0.3 is 6.03 Å². The number of hydrogen-bond donors (Lipinski definition) is 3. The molecule has 2 fully saturated rings. The molecule has 1 aromatic carbocycles. The number of piperidine rings is 1. The number of nitrogens with one attached hydrogen (secondary N) is 3. The first kappa shape index (κ1) is 17.1. The molecule has 3 aliphatic heterocycles. The highest BCUT2D eigenvalue weighted by atomic mass is 32.2. The first-order chi connectivity index (χ1) is 12.4. The first-order valence-electron chi connectivity index (χ1n) is 8.81. The van der Waals surface area contributed by atoms with Gasteiger partial charge in [0.05, 0.1) is 22.9 Å². The molecule has 140 valence electrons. The molecular weight excluding hydrogens is 356 g/mol. The molecule has 0 radical (unpaired) electrons. The van der Waals surface area contributed by atoms with E-state index in [4.69, 9.17) is 0 Å². The second kappa shape index (κ2) is 6.15. The van der Waals surface area contributed by atoms with Crippen molar-refractivity contribution in [1.29, 1.82) is 0 Å². The number of para-hydroxylation sites is 2. The van der Waals surface area contributed by atoms with Gasteiger partial charge in [-0.05, 0) is 31.4 Å². The van der Waals surface area contributed by atoms with E-state index in [1.807, 2.05) is 24.3 Å². The molecule has 8 nitrogen and oxygen atoms in total. The van der Waals surface area contributed by atoms with Crippen LogP contribution < -0.4 is 16.0 Å². The Kier molecular flexibility index (Phi) is 4.06. The normalized spacial score (nSPS) is 25.9. The maximum atomic E-state index is 12.6. The van der Waals surface area contributed by atoms with Gasteiger partial charge in [-0.25, -0.2) is 13.2 Å². The van der Waals surface area contributed by atoms with Gasteiger partial charge < -0.3 is 20.9 Å². The molecule has 3 aliphatic rings. The molecule has 1 aromatic rings. The van der Waals surface area contributed by atoms with Crippen molar-refractivity contribution in [3.63, 3.8) is 0 Å². The van der Waals surface area contributed by atoms with Gasteiger partial charge in [0.2, 0.25) is 5.91 Å². The summed E-state index contributed by atoms with van der Waals surface area (Å²) in [6.45, 7) is 0.877. The Bertz CT molecular complexity index is 846. The summed E-state index contributed by atoms with van der Waals surface area (Å²) >= 11 is 0. The van der Waals surface area contributed by atoms with Gasteiger partial charge in [-0.2, -0.15) is 0 Å². The molecule has 0 bridgehead atoms. The maximum absolute atomic E-state index is 12.6. The summed E-state index contributed by atoms with van der Waals surface area (Å²) in [6.07, 6.45) is 1.47. The van der Waals surface area contributed by atoms with Crippen molar-refractivity contribution >= 4 is 33.2 Å². The van der Waals surface area contributed by atoms with Crippen LogP contribution >= 0.6 is 0 Å². The Morgan fingerprint density at radius 3 is 2.54 bits per heavy atom. The highest BCUT2D eigenvalue weighted by molar-refractivity contribution is 7.91. The number of anilines is 2. The third-order valence-corrected chi connectivity index (χ3v) is 7.22. The molecule has 0 unspecified atom stereocenters. The molecule has 0 aliphatic carbocycles. The van der Waals surface area contributed by atoms with E-state index >= 15 is 0 Å². The van der Waals surface area contributed by atoms with E-state index in [0.717, 1.165) is 11.4 Å². The third kappa shape index (κ3) is 3.11. The zero-order chi connectivity index (χ0) is 18.4. The Labute approximate surface area is 152 Å². The molecular formula is C17H22N4O4S. The van der Waals surface area contributed by atoms with Gasteiger partial charge in [-0.3, -0.25) is 4.79 Å². The van der Waals surface area contributed by atoms with Crippen molar-refractivity contribution in [1.82, 2.24) is 10.2 Å². The largest absolute Gasteiger partial charge is 0.369 e. The smallest absolute Gasteiger partial charge is 0.317 e. The summed E-state index contributed by atoms with van der Waals surface area (Å²) in [5.74, 6) is 0.0695. The van der Waals surface area contributed by atoms with E-state index in [1.165, 1.54) is 0 Å². The number of rotatable bonds is 1. The molecule has 0 aromatic heterocycles. The van der Waals surface area contributed by atoms with Gasteiger partial charge in [0.25, 0.3) is 0 Å². The van der Waals surface area contributed by atoms with Crippen LogP contribution in [0.3, 0.4) is 0 Å². The molecule has 4 rings (SSSR count). The highest BCUT2D eigenvalue weighted by Crippen LogP contribution is 2.36. The summed E-state index contributed by atoms with van der Waals surface area (Å²) in [7, 11) is -3.03. The number of benzene rings is 1. The lowest BCUT2D eigenvalue weighted by molar-refractivity contribution is -0.121. The fourth-order valence-electron chi connectivity index (χ4n) is 3.88. The van der Waals surface area contributed by atoms with Crippen molar-refractivity contribution in [2.24, 2.45) is 0 Å². The first-order valence-corrected chi connectivity index (χ1v) is 10.6. The van der Waals surface area contributed by atoms with E-state index in [2.05, 4.69) is 16.0 Å². The summed E-state index contributed by atoms with van der Waals surface area (Å²) in [5, 5.41) is 9.11. The predicted molar refractivity (Wildman–Crippen MR) is 97.8 cm³/mol. The quantitative estimate of drug-likeness (QED) is 0.669. The van der Waals surface area contributed by atoms with Crippen LogP contribution in [0.5, 0.6) is 0 Å². The topological polar surface area (TPSA) is 108 Å². The van der Waals surface area contributed by atoms with Crippen LogP contribution in [0, 0.1) is 0 Å². The second-order valence-corrected chi connectivity index (χ2v) is 9.47. The fraction of sp³-hybridized carbons (Fsp3) is 0.529. The lowest BCUT2D eigenvalue weighted by Crippen LogP contribution is -2.60. The number of carbonyl (C=O) groups excluding carboxylic acids is 2. The van der Waals surface area contributed by atoms with Crippen LogP contribution in [-0.4, -0.2) is 61.4 Å². The lowest BCUT2D eigenvalue weighted by Gasteiger charge is -2.44. The van der Waals surface area contributed by atoms with Crippen LogP contribution in [0.2, 0.25) is 0 Å². The fourth-order valence-corrected chi connectivity index (χ4v) is 5.55. The molecule has 2 saturated heterocycles. The van der Waals surface area contributed by atoms with Gasteiger partial charge in [0, 0.05) is 19.1 Å². The molecule has 9 heteroatoms. The number of carbonyl (C=O) groups is 2. The summed E-state index contributed by atoms with van der Waals surface area (Å²) in [6, 6.07) is 7.00. The second-order valence-electron chi connectivity index (χ2n) is 7.24. The number of sulfone groups is 1. The van der Waals surface area contributed by atoms with E-state index in [0.29, 0.717) is 32.4 Å². The molecule has 3 N–H and O–H groups in total. The highest BCUT2D eigenvalue weighted by Gasteiger charge is 2.45. The van der Waals surface area contributed by atoms with Crippen LogP contribution in [0.4, 0.5) is 16.2 Å². The number of nitrogens with zero attached hydrogens (tertiary/aromatic N) is 1. The summed E-state index contributed by atoms with van der Waals surface area (Å²) in [4.78, 5) is 26.7. The molecule has 0 saturated carbocycles. The van der Waals surface area contributed by atoms with Gasteiger partial charge in [-0.1, -0.05) is 12.1 Å². The van der Waals surface area contributed by atoms with Crippen molar-refractivity contribution in [2.45, 2.75) is 30.8 Å². The monoisotopic (exact) mass is 378 g/mol. The molecule has 26 heavy (non-hydrogen) atoms. The zero-order valence-corrected chi connectivity index (χ0v) is 15.1. The Morgan fingerprint density at radius 1 is 1.19 bits per heavy atom. The van der Waals surface area contributed by atoms with Gasteiger partial charge in [-0.15, -0.1) is 0 Å². The van der Waals surface area contributed by atoms with E-state index in [1.54, 1.807) is 4.90 Å². The van der Waals surface area contributed by atoms with E-state index in [9.17, 15) is 18.0 Å². The van der Waals surface area contributed by atoms with E-state index < -0.39 is 15.4 Å². The minimum absolute atomic E-state index is 0.0112. The van der Waals surface area contributed by atoms with Crippen LogP contribution in [0.25, 0.3) is 0 Å². The standard InChI is InChI=1S/C17H22N4O4S/c22-15-17(20-14-4-2-1-3-13(14)19-15)6-8-21(9-7-17)16(23)18-12-5-10-26(24,25)11-12/h1-4,12,20H,5-11H2,(H,18,23)(H,19,22)/t12-/m0/s1. The Balaban J connectivity index is 1.38. The van der Waals surface area contributed by atoms with Gasteiger partial charge in [0.1, 0.15) is 5.54 Å². The molecule has 3 heterocycles. The third-order valence-electron chi connectivity index (χ3n) is 5.45. The predicted octanol–water partition coefficient (Wildman–Crippen LogP) is 0.782. The van der Waals surface area contributed by atoms with E-state index in [-0.39, 0.29) is 29.5 Å². The van der Waals surface area contributed by atoms with Crippen LogP contribution in [0.15, 0.2) is 24.3 Å². The minimum Gasteiger partial charge on any atom is -0.369 e. The lowest BCUT2D eigenvalue weighted by atomic mass is 9.84. The van der Waals surface area contributed by atoms with Crippen molar-refractivity contribution in [3.05, 3.63) is 24.3 Å². The summed E-state index contributed by atoms with van der Waals surface area (Å²) < 4.78 is 23.0. The maximum Gasteiger partial charge on any atom is 0.317 e. The van der Waals surface area contributed by atoms with Crippen molar-refractivity contribution in [2.75, 3.05) is 35.2 Å². The molecule has 1 atom stereocenters. The number of likely N-dealkylation sites (tertiary alicyclic amines) is 1. The van der Waals surface area contributed by atoms with Crippen LogP contribution in [0.1, 0.15) is 19.3 Å². The van der Waals surface area contributed by atoms with Gasteiger partial charge in [0.15, 0.2) is 9.84 Å². The Hall–Kier alpha value is -2.29. The SMILES string of the molecule is O=C(N[C@H]1CCS(=O)(=O)C1)N1CCC2(CC1)Nc1ccccc1NC2=O. The number of urea groups is 1. The molecule has 3 amide bonds. The van der Waals surface area contributed by atoms with Crippen molar-refractivity contribution in [3.8, 4) is 0 Å². The number of hydrogen-bond acceptors (Lipinski definition) is 5. The van der Waals surface area contributed by atoms with Crippen LogP contribution in [-0.2, 0) is 14.6 Å². The Morgan fingerprint density at radius 2 is 1.88 bits per heavy atom. The number of fused-ring (bicyclic) bond motifs is 1. The average molecular weight is 378 g/mol. The van der Waals surface area contributed by atoms with Crippen molar-refractivity contribution < 1.29 is 18.0 Å². The number of amides is 3. The minimum atomic E-state index is -3.03. The zero-order valence-electron chi connectivity index (χ0n) is 14.3. The average Bonchev–Trinajstić information content (AvgIpc) is 2.95. The molecule has 1 spiro atoms.